The summed E-state index contributed by atoms with van der Waals surface area (Å²) >= 11 is 0. The molecule has 1 aromatic carbocycles. The van der Waals surface area contributed by atoms with Gasteiger partial charge in [0.1, 0.15) is 11.6 Å². The Hall–Kier alpha value is -1.99. The van der Waals surface area contributed by atoms with Gasteiger partial charge in [-0.3, -0.25) is 9.69 Å². The predicted molar refractivity (Wildman–Crippen MR) is 89.1 cm³/mol. The lowest BCUT2D eigenvalue weighted by Gasteiger charge is -2.30. The molecule has 1 amide bonds. The van der Waals surface area contributed by atoms with E-state index in [-0.39, 0.29) is 17.8 Å². The van der Waals surface area contributed by atoms with Crippen LogP contribution in [0.15, 0.2) is 18.2 Å². The van der Waals surface area contributed by atoms with Crippen LogP contribution in [0.1, 0.15) is 18.7 Å². The normalized spacial score (nSPS) is 18.9. The smallest absolute Gasteiger partial charge is 0.236 e. The maximum absolute atomic E-state index is 13.2. The van der Waals surface area contributed by atoms with E-state index >= 15 is 0 Å². The molecule has 1 atom stereocenters. The number of aliphatic hydroxyl groups excluding tert-OH is 1. The number of likely N-dealkylation sites (tertiary alicyclic amines) is 1. The van der Waals surface area contributed by atoms with Crippen molar-refractivity contribution in [2.75, 3.05) is 33.2 Å². The number of amides is 1. The lowest BCUT2D eigenvalue weighted by molar-refractivity contribution is -0.131. The van der Waals surface area contributed by atoms with Crippen molar-refractivity contribution < 1.29 is 14.3 Å². The number of nitrogens with one attached hydrogen (secondary N) is 1. The van der Waals surface area contributed by atoms with Crippen LogP contribution in [0.3, 0.4) is 0 Å². The summed E-state index contributed by atoms with van der Waals surface area (Å²) in [5, 5.41) is 9.67. The largest absolute Gasteiger partial charge is 0.392 e. The average Bonchev–Trinajstić information content (AvgIpc) is 2.94. The molecule has 6 nitrogen and oxygen atoms in total. The molecule has 1 aromatic heterocycles. The van der Waals surface area contributed by atoms with E-state index in [1.165, 1.54) is 12.1 Å². The molecule has 0 spiro atoms. The van der Waals surface area contributed by atoms with E-state index in [4.69, 9.17) is 0 Å². The molecule has 24 heavy (non-hydrogen) atoms. The predicted octanol–water partition coefficient (Wildman–Crippen LogP) is 1.16. The Bertz CT molecular complexity index is 718. The molecular formula is C17H23FN4O2. The fourth-order valence-corrected chi connectivity index (χ4v) is 3.04. The van der Waals surface area contributed by atoms with Gasteiger partial charge >= 0.3 is 0 Å². The lowest BCUT2D eigenvalue weighted by atomic mass is 10.1. The van der Waals surface area contributed by atoms with Gasteiger partial charge in [-0.25, -0.2) is 9.37 Å². The van der Waals surface area contributed by atoms with Crippen LogP contribution in [0, 0.1) is 5.82 Å². The van der Waals surface area contributed by atoms with Gasteiger partial charge in [0.2, 0.25) is 5.91 Å². The van der Waals surface area contributed by atoms with Crippen molar-refractivity contribution in [3.63, 3.8) is 0 Å². The molecule has 1 aliphatic heterocycles. The van der Waals surface area contributed by atoms with Gasteiger partial charge in [0.25, 0.3) is 0 Å². The number of fused-ring (bicyclic) bond motifs is 1. The summed E-state index contributed by atoms with van der Waals surface area (Å²) in [5.41, 5.74) is 1.39. The minimum absolute atomic E-state index is 0.0336. The number of aromatic amines is 1. The molecule has 130 valence electrons. The van der Waals surface area contributed by atoms with Crippen molar-refractivity contribution in [1.82, 2.24) is 19.8 Å². The summed E-state index contributed by atoms with van der Waals surface area (Å²) in [4.78, 5) is 23.4. The Morgan fingerprint density at radius 2 is 2.38 bits per heavy atom. The highest BCUT2D eigenvalue weighted by Gasteiger charge is 2.21. The Balaban J connectivity index is 1.52. The van der Waals surface area contributed by atoms with Crippen molar-refractivity contribution in [2.45, 2.75) is 25.4 Å². The van der Waals surface area contributed by atoms with Gasteiger partial charge < -0.3 is 15.0 Å². The lowest BCUT2D eigenvalue weighted by Crippen LogP contribution is -2.45. The second-order valence-corrected chi connectivity index (χ2v) is 6.44. The Kier molecular flexibility index (Phi) is 5.11. The number of likely N-dealkylation sites (N-methyl/N-ethyl adjacent to an activating group) is 1. The molecular weight excluding hydrogens is 311 g/mol. The topological polar surface area (TPSA) is 72.5 Å². The first kappa shape index (κ1) is 16.9. The van der Waals surface area contributed by atoms with Crippen molar-refractivity contribution in [2.24, 2.45) is 0 Å². The number of piperidine rings is 1. The molecule has 1 fully saturated rings. The van der Waals surface area contributed by atoms with E-state index in [0.717, 1.165) is 30.7 Å². The summed E-state index contributed by atoms with van der Waals surface area (Å²) in [6, 6.07) is 4.44. The van der Waals surface area contributed by atoms with Gasteiger partial charge in [0.15, 0.2) is 0 Å². The minimum atomic E-state index is -0.326. The van der Waals surface area contributed by atoms with Crippen LogP contribution in [0.25, 0.3) is 11.0 Å². The van der Waals surface area contributed by atoms with Gasteiger partial charge in [-0.2, -0.15) is 0 Å². The molecule has 2 heterocycles. The number of aliphatic hydroxyl groups is 1. The number of carbonyl (C=O) groups excluding carboxylic acids is 1. The molecule has 0 aliphatic carbocycles. The Morgan fingerprint density at radius 1 is 1.54 bits per heavy atom. The number of halogens is 1. The summed E-state index contributed by atoms with van der Waals surface area (Å²) in [6.45, 7) is 2.29. The van der Waals surface area contributed by atoms with Crippen molar-refractivity contribution in [1.29, 1.82) is 0 Å². The zero-order valence-electron chi connectivity index (χ0n) is 13.8. The van der Waals surface area contributed by atoms with Crippen LogP contribution in [0.4, 0.5) is 4.39 Å². The van der Waals surface area contributed by atoms with Crippen LogP contribution in [0.2, 0.25) is 0 Å². The highest BCUT2D eigenvalue weighted by atomic mass is 19.1. The molecule has 2 N–H and O–H groups in total. The second kappa shape index (κ2) is 7.27. The molecule has 1 saturated heterocycles. The van der Waals surface area contributed by atoms with E-state index in [1.54, 1.807) is 18.0 Å². The van der Waals surface area contributed by atoms with Gasteiger partial charge in [-0.05, 0) is 37.6 Å². The number of nitrogens with zero attached hydrogens (tertiary/aromatic N) is 3. The Morgan fingerprint density at radius 3 is 3.17 bits per heavy atom. The second-order valence-electron chi connectivity index (χ2n) is 6.44. The zero-order valence-corrected chi connectivity index (χ0v) is 13.8. The summed E-state index contributed by atoms with van der Waals surface area (Å²) < 4.78 is 13.2. The number of β-amino-alcohol motifs (C(OH)–C–C–N with tert-alkyl or cyclic N) is 1. The first-order valence-electron chi connectivity index (χ1n) is 8.30. The van der Waals surface area contributed by atoms with E-state index in [9.17, 15) is 14.3 Å². The number of H-pyrrole nitrogens is 1. The van der Waals surface area contributed by atoms with E-state index in [0.29, 0.717) is 31.6 Å². The SMILES string of the molecule is CN(CCc1nc2ccc(F)cc2[nH]1)C(=O)CN1CCC[C@@H](O)C1. The van der Waals surface area contributed by atoms with E-state index in [1.807, 2.05) is 4.90 Å². The molecule has 0 unspecified atom stereocenters. The number of aromatic nitrogens is 2. The van der Waals surface area contributed by atoms with Crippen LogP contribution in [-0.2, 0) is 11.2 Å². The number of rotatable bonds is 5. The number of hydrogen-bond acceptors (Lipinski definition) is 4. The number of hydrogen-bond donors (Lipinski definition) is 2. The molecule has 3 rings (SSSR count). The highest BCUT2D eigenvalue weighted by molar-refractivity contribution is 5.78. The maximum Gasteiger partial charge on any atom is 0.236 e. The third-order valence-electron chi connectivity index (χ3n) is 4.44. The van der Waals surface area contributed by atoms with Crippen molar-refractivity contribution in [3.8, 4) is 0 Å². The fourth-order valence-electron chi connectivity index (χ4n) is 3.04. The quantitative estimate of drug-likeness (QED) is 0.861. The number of carbonyl (C=O) groups is 1. The summed E-state index contributed by atoms with van der Waals surface area (Å²) in [5.74, 6) is 0.476. The van der Waals surface area contributed by atoms with Crippen molar-refractivity contribution in [3.05, 3.63) is 29.8 Å². The van der Waals surface area contributed by atoms with Gasteiger partial charge in [0, 0.05) is 26.6 Å². The highest BCUT2D eigenvalue weighted by Crippen LogP contribution is 2.13. The third-order valence-corrected chi connectivity index (χ3v) is 4.44. The molecule has 0 radical (unpaired) electrons. The van der Waals surface area contributed by atoms with Crippen LogP contribution in [-0.4, -0.2) is 70.1 Å². The van der Waals surface area contributed by atoms with Crippen LogP contribution < -0.4 is 0 Å². The monoisotopic (exact) mass is 334 g/mol. The maximum atomic E-state index is 13.2. The third kappa shape index (κ3) is 4.10. The van der Waals surface area contributed by atoms with Gasteiger partial charge in [-0.1, -0.05) is 0 Å². The molecule has 0 bridgehead atoms. The fraction of sp³-hybridized carbons (Fsp3) is 0.529. The minimum Gasteiger partial charge on any atom is -0.392 e. The molecule has 0 saturated carbocycles. The summed E-state index contributed by atoms with van der Waals surface area (Å²) in [6.07, 6.45) is 2.00. The zero-order chi connectivity index (χ0) is 17.1. The first-order chi connectivity index (χ1) is 11.5. The average molecular weight is 334 g/mol. The van der Waals surface area contributed by atoms with Crippen LogP contribution >= 0.6 is 0 Å². The van der Waals surface area contributed by atoms with Crippen LogP contribution in [0.5, 0.6) is 0 Å². The first-order valence-corrected chi connectivity index (χ1v) is 8.30. The Labute approximate surface area is 140 Å². The standard InChI is InChI=1S/C17H23FN4O2/c1-21(17(24)11-22-7-2-3-13(23)10-22)8-6-16-19-14-5-4-12(18)9-15(14)20-16/h4-5,9,13,23H,2-3,6-8,10-11H2,1H3,(H,19,20)/t13-/m1/s1. The summed E-state index contributed by atoms with van der Waals surface area (Å²) in [7, 11) is 1.77. The van der Waals surface area contributed by atoms with E-state index < -0.39 is 0 Å². The van der Waals surface area contributed by atoms with E-state index in [2.05, 4.69) is 9.97 Å². The molecule has 2 aromatic rings. The molecule has 1 aliphatic rings. The number of imidazole rings is 1. The van der Waals surface area contributed by atoms with Gasteiger partial charge in [-0.15, -0.1) is 0 Å². The van der Waals surface area contributed by atoms with Crippen molar-refractivity contribution >= 4 is 16.9 Å². The molecule has 7 heteroatoms. The number of benzene rings is 1. The van der Waals surface area contributed by atoms with Gasteiger partial charge in [0.05, 0.1) is 23.7 Å².